The molecular weight excluding hydrogens is 342 g/mol. The first-order valence-electron chi connectivity index (χ1n) is 10.4. The van der Waals surface area contributed by atoms with E-state index in [1.54, 1.807) is 6.07 Å². The molecule has 0 amide bonds. The summed E-state index contributed by atoms with van der Waals surface area (Å²) in [6, 6.07) is 5.41. The Labute approximate surface area is 164 Å². The van der Waals surface area contributed by atoms with E-state index in [9.17, 15) is 10.2 Å². The minimum Gasteiger partial charge on any atom is -0.507 e. The molecule has 1 atom stereocenters. The molecule has 5 nitrogen and oxygen atoms in total. The van der Waals surface area contributed by atoms with Crippen LogP contribution in [0.4, 0.5) is 0 Å². The molecular formula is C22H37NO4. The Morgan fingerprint density at radius 1 is 1.04 bits per heavy atom. The SMILES string of the molecule is CCCCCCCCCCCC(=NOCC(O)CO)c1cc(C)ccc1O. The summed E-state index contributed by atoms with van der Waals surface area (Å²) in [7, 11) is 0. The van der Waals surface area contributed by atoms with Gasteiger partial charge in [-0.15, -0.1) is 0 Å². The lowest BCUT2D eigenvalue weighted by atomic mass is 10.00. The molecule has 5 heteroatoms. The molecule has 0 radical (unpaired) electrons. The smallest absolute Gasteiger partial charge is 0.145 e. The number of aliphatic hydroxyl groups excluding tert-OH is 2. The highest BCUT2D eigenvalue weighted by Gasteiger charge is 2.11. The molecule has 1 aromatic rings. The van der Waals surface area contributed by atoms with E-state index in [-0.39, 0.29) is 19.0 Å². The van der Waals surface area contributed by atoms with E-state index >= 15 is 0 Å². The number of hydrogen-bond acceptors (Lipinski definition) is 5. The van der Waals surface area contributed by atoms with Gasteiger partial charge in [0.05, 0.1) is 12.3 Å². The van der Waals surface area contributed by atoms with E-state index < -0.39 is 6.10 Å². The van der Waals surface area contributed by atoms with Crippen molar-refractivity contribution in [2.75, 3.05) is 13.2 Å². The number of nitrogens with zero attached hydrogens (tertiary/aromatic N) is 1. The molecule has 0 saturated carbocycles. The van der Waals surface area contributed by atoms with E-state index in [1.165, 1.54) is 44.9 Å². The van der Waals surface area contributed by atoms with Crippen LogP contribution in [-0.4, -0.2) is 40.3 Å². The Morgan fingerprint density at radius 3 is 2.30 bits per heavy atom. The quantitative estimate of drug-likeness (QED) is 0.234. The van der Waals surface area contributed by atoms with Crippen molar-refractivity contribution in [3.8, 4) is 5.75 Å². The predicted octanol–water partition coefficient (Wildman–Crippen LogP) is 4.70. The second-order valence-electron chi connectivity index (χ2n) is 7.27. The van der Waals surface area contributed by atoms with Crippen LogP contribution in [0.5, 0.6) is 5.75 Å². The van der Waals surface area contributed by atoms with Gasteiger partial charge in [-0.05, 0) is 31.9 Å². The number of phenols is 1. The largest absolute Gasteiger partial charge is 0.507 e. The Hall–Kier alpha value is -1.59. The van der Waals surface area contributed by atoms with Gasteiger partial charge in [-0.1, -0.05) is 75.1 Å². The lowest BCUT2D eigenvalue weighted by Crippen LogP contribution is -2.18. The number of aromatic hydroxyl groups is 1. The average Bonchev–Trinajstić information content (AvgIpc) is 2.67. The molecule has 0 spiro atoms. The van der Waals surface area contributed by atoms with Crippen LogP contribution in [0.15, 0.2) is 23.4 Å². The first kappa shape index (κ1) is 23.4. The number of phenolic OH excluding ortho intramolecular Hbond substituents is 1. The van der Waals surface area contributed by atoms with Gasteiger partial charge in [0.1, 0.15) is 18.5 Å². The van der Waals surface area contributed by atoms with Crippen LogP contribution >= 0.6 is 0 Å². The number of aliphatic hydroxyl groups is 2. The minimum absolute atomic E-state index is 0.0651. The van der Waals surface area contributed by atoms with Crippen molar-refractivity contribution in [3.63, 3.8) is 0 Å². The molecule has 0 bridgehead atoms. The fraction of sp³-hybridized carbons (Fsp3) is 0.682. The fourth-order valence-corrected chi connectivity index (χ4v) is 2.97. The molecule has 0 aliphatic carbocycles. The number of hydrogen-bond donors (Lipinski definition) is 3. The fourth-order valence-electron chi connectivity index (χ4n) is 2.97. The zero-order valence-electron chi connectivity index (χ0n) is 17.0. The standard InChI is InChI=1S/C22H37NO4/c1-3-4-5-6-7-8-9-10-11-12-21(23-27-17-19(25)16-24)20-15-18(2)13-14-22(20)26/h13-15,19,24-26H,3-12,16-17H2,1-2H3. The van der Waals surface area contributed by atoms with E-state index in [1.807, 2.05) is 19.1 Å². The molecule has 1 aromatic carbocycles. The third-order valence-electron chi connectivity index (χ3n) is 4.63. The molecule has 27 heavy (non-hydrogen) atoms. The zero-order valence-corrected chi connectivity index (χ0v) is 17.0. The lowest BCUT2D eigenvalue weighted by molar-refractivity contribution is 0.00818. The maximum atomic E-state index is 10.2. The first-order chi connectivity index (χ1) is 13.1. The molecule has 1 rings (SSSR count). The van der Waals surface area contributed by atoms with Gasteiger partial charge in [-0.2, -0.15) is 0 Å². The van der Waals surface area contributed by atoms with Gasteiger partial charge in [0.25, 0.3) is 0 Å². The van der Waals surface area contributed by atoms with Crippen LogP contribution in [0, 0.1) is 6.92 Å². The number of oxime groups is 1. The molecule has 0 aromatic heterocycles. The van der Waals surface area contributed by atoms with Gasteiger partial charge < -0.3 is 20.2 Å². The maximum Gasteiger partial charge on any atom is 0.145 e. The highest BCUT2D eigenvalue weighted by Crippen LogP contribution is 2.22. The molecule has 0 fully saturated rings. The summed E-state index contributed by atoms with van der Waals surface area (Å²) in [5.74, 6) is 0.182. The van der Waals surface area contributed by atoms with Crippen LogP contribution < -0.4 is 0 Å². The van der Waals surface area contributed by atoms with Gasteiger partial charge in [-0.25, -0.2) is 0 Å². The second kappa shape index (κ2) is 14.5. The van der Waals surface area contributed by atoms with Crippen molar-refractivity contribution >= 4 is 5.71 Å². The van der Waals surface area contributed by atoms with E-state index in [0.717, 1.165) is 18.4 Å². The summed E-state index contributed by atoms with van der Waals surface area (Å²) in [5, 5.41) is 32.6. The monoisotopic (exact) mass is 379 g/mol. The summed E-state index contributed by atoms with van der Waals surface area (Å²) in [4.78, 5) is 5.20. The third-order valence-corrected chi connectivity index (χ3v) is 4.63. The van der Waals surface area contributed by atoms with Gasteiger partial charge in [0, 0.05) is 5.56 Å². The Morgan fingerprint density at radius 2 is 1.67 bits per heavy atom. The molecule has 1 unspecified atom stereocenters. The molecule has 3 N–H and O–H groups in total. The highest BCUT2D eigenvalue weighted by atomic mass is 16.6. The van der Waals surface area contributed by atoms with Gasteiger partial charge in [-0.3, -0.25) is 0 Å². The van der Waals surface area contributed by atoms with E-state index in [0.29, 0.717) is 17.7 Å². The van der Waals surface area contributed by atoms with Gasteiger partial charge >= 0.3 is 0 Å². The van der Waals surface area contributed by atoms with Crippen LogP contribution in [0.1, 0.15) is 82.3 Å². The van der Waals surface area contributed by atoms with E-state index in [2.05, 4.69) is 12.1 Å². The molecule has 0 saturated heterocycles. The molecule has 154 valence electrons. The van der Waals surface area contributed by atoms with Crippen LogP contribution in [0.3, 0.4) is 0 Å². The van der Waals surface area contributed by atoms with Crippen molar-refractivity contribution in [2.45, 2.75) is 84.2 Å². The van der Waals surface area contributed by atoms with Crippen molar-refractivity contribution in [1.82, 2.24) is 0 Å². The Balaban J connectivity index is 2.50. The number of rotatable bonds is 15. The summed E-state index contributed by atoms with van der Waals surface area (Å²) >= 11 is 0. The summed E-state index contributed by atoms with van der Waals surface area (Å²) in [6.07, 6.45) is 10.9. The minimum atomic E-state index is -0.950. The van der Waals surface area contributed by atoms with Crippen LogP contribution in [-0.2, 0) is 4.84 Å². The summed E-state index contributed by atoms with van der Waals surface area (Å²) in [5.41, 5.74) is 2.40. The molecule has 0 aliphatic heterocycles. The summed E-state index contributed by atoms with van der Waals surface area (Å²) in [6.45, 7) is 3.78. The zero-order chi connectivity index (χ0) is 19.9. The molecule has 0 heterocycles. The average molecular weight is 380 g/mol. The topological polar surface area (TPSA) is 82.3 Å². The Bertz CT molecular complexity index is 545. The number of unbranched alkanes of at least 4 members (excludes halogenated alkanes) is 8. The lowest BCUT2D eigenvalue weighted by Gasteiger charge is -2.11. The third kappa shape index (κ3) is 10.4. The Kier molecular flexibility index (Phi) is 12.6. The van der Waals surface area contributed by atoms with Crippen molar-refractivity contribution in [1.29, 1.82) is 0 Å². The van der Waals surface area contributed by atoms with Crippen molar-refractivity contribution in [2.24, 2.45) is 5.16 Å². The van der Waals surface area contributed by atoms with Gasteiger partial charge in [0.2, 0.25) is 0 Å². The second-order valence-corrected chi connectivity index (χ2v) is 7.27. The summed E-state index contributed by atoms with van der Waals surface area (Å²) < 4.78 is 0. The normalized spacial score (nSPS) is 13.0. The maximum absolute atomic E-state index is 10.2. The number of benzene rings is 1. The van der Waals surface area contributed by atoms with E-state index in [4.69, 9.17) is 9.94 Å². The first-order valence-corrected chi connectivity index (χ1v) is 10.4. The van der Waals surface area contributed by atoms with Crippen molar-refractivity contribution < 1.29 is 20.2 Å². The van der Waals surface area contributed by atoms with Gasteiger partial charge in [0.15, 0.2) is 0 Å². The van der Waals surface area contributed by atoms with Crippen LogP contribution in [0.2, 0.25) is 0 Å². The predicted molar refractivity (Wildman–Crippen MR) is 110 cm³/mol. The highest BCUT2D eigenvalue weighted by molar-refractivity contribution is 6.02. The molecule has 0 aliphatic rings. The number of aryl methyl sites for hydroxylation is 1. The van der Waals surface area contributed by atoms with Crippen LogP contribution in [0.25, 0.3) is 0 Å². The van der Waals surface area contributed by atoms with Crippen molar-refractivity contribution in [3.05, 3.63) is 29.3 Å².